The Morgan fingerprint density at radius 1 is 1.71 bits per heavy atom. The molecule has 2 rings (SSSR count). The lowest BCUT2D eigenvalue weighted by Gasteiger charge is -2.16. The summed E-state index contributed by atoms with van der Waals surface area (Å²) in [6, 6.07) is 0. The molecule has 0 radical (unpaired) electrons. The van der Waals surface area contributed by atoms with E-state index in [2.05, 4.69) is 20.0 Å². The van der Waals surface area contributed by atoms with E-state index < -0.39 is 0 Å². The molecule has 2 heterocycles. The van der Waals surface area contributed by atoms with E-state index in [1.165, 1.54) is 17.4 Å². The largest absolute Gasteiger partial charge is 0.394 e. The van der Waals surface area contributed by atoms with E-state index in [1.807, 2.05) is 0 Å². The molecular formula is C9H11N7O. The number of hydrogen-bond acceptors (Lipinski definition) is 5. The maximum atomic E-state index is 11.8. The molecule has 1 unspecified atom stereocenters. The normalized spacial score (nSPS) is 19.2. The van der Waals surface area contributed by atoms with Crippen LogP contribution in [0.5, 0.6) is 0 Å². The summed E-state index contributed by atoms with van der Waals surface area (Å²) in [4.78, 5) is 23.7. The van der Waals surface area contributed by atoms with Crippen LogP contribution in [0.4, 0.5) is 11.5 Å². The zero-order chi connectivity index (χ0) is 12.3. The highest BCUT2D eigenvalue weighted by molar-refractivity contribution is 5.97. The third kappa shape index (κ3) is 2.26. The Kier molecular flexibility index (Phi) is 3.06. The van der Waals surface area contributed by atoms with Crippen LogP contribution in [0.2, 0.25) is 0 Å². The zero-order valence-corrected chi connectivity index (χ0v) is 9.02. The van der Waals surface area contributed by atoms with Crippen LogP contribution in [0.15, 0.2) is 17.6 Å². The summed E-state index contributed by atoms with van der Waals surface area (Å²) in [5, 5.41) is 3.48. The molecule has 8 nitrogen and oxygen atoms in total. The first-order valence-corrected chi connectivity index (χ1v) is 5.09. The molecule has 1 fully saturated rings. The molecule has 1 aromatic heterocycles. The minimum atomic E-state index is -0.0615. The molecule has 1 aromatic rings. The van der Waals surface area contributed by atoms with Crippen LogP contribution in [-0.2, 0) is 4.79 Å². The van der Waals surface area contributed by atoms with Crippen molar-refractivity contribution < 1.29 is 4.79 Å². The Bertz CT molecular complexity index is 482. The predicted octanol–water partition coefficient (Wildman–Crippen LogP) is 0.722. The summed E-state index contributed by atoms with van der Waals surface area (Å²) in [7, 11) is 0. The summed E-state index contributed by atoms with van der Waals surface area (Å²) >= 11 is 0. The molecule has 1 saturated heterocycles. The topological polar surface area (TPSA) is 121 Å². The third-order valence-electron chi connectivity index (χ3n) is 2.58. The molecule has 1 aliphatic rings. The molecule has 0 bridgehead atoms. The van der Waals surface area contributed by atoms with Gasteiger partial charge in [0.1, 0.15) is 6.33 Å². The van der Waals surface area contributed by atoms with Gasteiger partial charge >= 0.3 is 0 Å². The summed E-state index contributed by atoms with van der Waals surface area (Å²) in [5.74, 6) is 0.384. The zero-order valence-electron chi connectivity index (χ0n) is 9.02. The highest BCUT2D eigenvalue weighted by atomic mass is 16.2. The average molecular weight is 233 g/mol. The lowest BCUT2D eigenvalue weighted by atomic mass is 10.1. The molecule has 1 amide bonds. The van der Waals surface area contributed by atoms with Gasteiger partial charge in [0, 0.05) is 24.4 Å². The van der Waals surface area contributed by atoms with Crippen molar-refractivity contribution in [1.29, 1.82) is 0 Å². The lowest BCUT2D eigenvalue weighted by molar-refractivity contribution is -0.117. The second-order valence-corrected chi connectivity index (χ2v) is 3.79. The van der Waals surface area contributed by atoms with E-state index in [0.717, 1.165) is 0 Å². The Morgan fingerprint density at radius 3 is 3.24 bits per heavy atom. The quantitative estimate of drug-likeness (QED) is 0.469. The fourth-order valence-corrected chi connectivity index (χ4v) is 1.82. The number of amides is 1. The van der Waals surface area contributed by atoms with E-state index in [9.17, 15) is 4.79 Å². The van der Waals surface area contributed by atoms with Gasteiger partial charge in [-0.15, -0.1) is 0 Å². The number of azide groups is 1. The molecular weight excluding hydrogens is 222 g/mol. The Hall–Kier alpha value is -2.34. The molecule has 8 heteroatoms. The van der Waals surface area contributed by atoms with Gasteiger partial charge in [0.25, 0.3) is 0 Å². The van der Waals surface area contributed by atoms with E-state index in [0.29, 0.717) is 31.0 Å². The van der Waals surface area contributed by atoms with Gasteiger partial charge in [0.2, 0.25) is 5.91 Å². The Balaban J connectivity index is 2.16. The van der Waals surface area contributed by atoms with Crippen molar-refractivity contribution >= 4 is 17.4 Å². The fraction of sp³-hybridized carbons (Fsp3) is 0.444. The molecule has 0 aromatic carbocycles. The van der Waals surface area contributed by atoms with Crippen molar-refractivity contribution in [2.45, 2.75) is 6.42 Å². The smallest absolute Gasteiger partial charge is 0.228 e. The Morgan fingerprint density at radius 2 is 2.53 bits per heavy atom. The molecule has 2 N–H and O–H groups in total. The van der Waals surface area contributed by atoms with Crippen LogP contribution in [0, 0.1) is 5.92 Å². The Labute approximate surface area is 97.1 Å². The number of rotatable bonds is 3. The number of aromatic nitrogens is 2. The van der Waals surface area contributed by atoms with Crippen molar-refractivity contribution in [3.05, 3.63) is 23.0 Å². The number of carbonyl (C=O) groups is 1. The van der Waals surface area contributed by atoms with Gasteiger partial charge in [-0.2, -0.15) is 0 Å². The lowest BCUT2D eigenvalue weighted by Crippen LogP contribution is -2.26. The number of carbonyl (C=O) groups excluding carboxylic acids is 1. The first-order valence-electron chi connectivity index (χ1n) is 5.09. The number of nitrogen functional groups attached to an aromatic ring is 1. The standard InChI is InChI=1S/C9H11N7O/c10-7-3-12-5-13-9(7)16-4-6(1-8(16)17)2-14-15-11/h3,5-6H,1-2,4,10H2. The molecule has 0 saturated carbocycles. The molecule has 1 aliphatic heterocycles. The van der Waals surface area contributed by atoms with Crippen LogP contribution in [-0.4, -0.2) is 29.0 Å². The van der Waals surface area contributed by atoms with Gasteiger partial charge in [0.15, 0.2) is 5.82 Å². The summed E-state index contributed by atoms with van der Waals surface area (Å²) < 4.78 is 0. The van der Waals surface area contributed by atoms with E-state index in [4.69, 9.17) is 11.3 Å². The van der Waals surface area contributed by atoms with Gasteiger partial charge in [0.05, 0.1) is 11.9 Å². The van der Waals surface area contributed by atoms with Crippen molar-refractivity contribution in [2.24, 2.45) is 11.0 Å². The molecule has 1 atom stereocenters. The predicted molar refractivity (Wildman–Crippen MR) is 60.9 cm³/mol. The second kappa shape index (κ2) is 4.67. The number of nitrogens with zero attached hydrogens (tertiary/aromatic N) is 6. The highest BCUT2D eigenvalue weighted by Crippen LogP contribution is 2.26. The van der Waals surface area contributed by atoms with Crippen molar-refractivity contribution in [2.75, 3.05) is 23.7 Å². The fourth-order valence-electron chi connectivity index (χ4n) is 1.82. The molecule has 0 spiro atoms. The van der Waals surface area contributed by atoms with Crippen LogP contribution in [0.25, 0.3) is 10.4 Å². The van der Waals surface area contributed by atoms with E-state index >= 15 is 0 Å². The summed E-state index contributed by atoms with van der Waals surface area (Å²) in [6.07, 6.45) is 3.15. The number of anilines is 2. The summed E-state index contributed by atoms with van der Waals surface area (Å²) in [5.41, 5.74) is 14.3. The van der Waals surface area contributed by atoms with Crippen molar-refractivity contribution in [1.82, 2.24) is 9.97 Å². The number of nitrogens with two attached hydrogens (primary N) is 1. The maximum Gasteiger partial charge on any atom is 0.228 e. The third-order valence-corrected chi connectivity index (χ3v) is 2.58. The summed E-state index contributed by atoms with van der Waals surface area (Å²) in [6.45, 7) is 0.781. The second-order valence-electron chi connectivity index (χ2n) is 3.79. The molecule has 0 aliphatic carbocycles. The molecule has 88 valence electrons. The SMILES string of the molecule is [N-]=[N+]=NCC1CC(=O)N(c2ncncc2N)C1. The van der Waals surface area contributed by atoms with E-state index in [-0.39, 0.29) is 11.8 Å². The maximum absolute atomic E-state index is 11.8. The number of hydrogen-bond donors (Lipinski definition) is 1. The minimum absolute atomic E-state index is 0.0211. The molecule has 17 heavy (non-hydrogen) atoms. The van der Waals surface area contributed by atoms with Crippen LogP contribution >= 0.6 is 0 Å². The monoisotopic (exact) mass is 233 g/mol. The van der Waals surface area contributed by atoms with Crippen molar-refractivity contribution in [3.8, 4) is 0 Å². The first-order chi connectivity index (χ1) is 8.22. The van der Waals surface area contributed by atoms with Gasteiger partial charge in [-0.1, -0.05) is 5.11 Å². The first kappa shape index (κ1) is 11.2. The van der Waals surface area contributed by atoms with Gasteiger partial charge in [-0.3, -0.25) is 9.69 Å². The van der Waals surface area contributed by atoms with Gasteiger partial charge in [-0.25, -0.2) is 9.97 Å². The van der Waals surface area contributed by atoms with Crippen molar-refractivity contribution in [3.63, 3.8) is 0 Å². The highest BCUT2D eigenvalue weighted by Gasteiger charge is 2.31. The van der Waals surface area contributed by atoms with Gasteiger partial charge < -0.3 is 5.73 Å². The minimum Gasteiger partial charge on any atom is -0.394 e. The van der Waals surface area contributed by atoms with Crippen LogP contribution < -0.4 is 10.6 Å². The van der Waals surface area contributed by atoms with E-state index in [1.54, 1.807) is 0 Å². The van der Waals surface area contributed by atoms with Crippen LogP contribution in [0.1, 0.15) is 6.42 Å². The average Bonchev–Trinajstić information content (AvgIpc) is 2.68. The van der Waals surface area contributed by atoms with Gasteiger partial charge in [-0.05, 0) is 11.4 Å². The van der Waals surface area contributed by atoms with Crippen LogP contribution in [0.3, 0.4) is 0 Å².